The van der Waals surface area contributed by atoms with Crippen molar-refractivity contribution in [3.63, 3.8) is 0 Å². The molecule has 1 saturated heterocycles. The first-order chi connectivity index (χ1) is 8.08. The summed E-state index contributed by atoms with van der Waals surface area (Å²) in [6.07, 6.45) is 2.03. The molecule has 0 aromatic carbocycles. The fraction of sp³-hybridized carbons (Fsp3) is 0.727. The number of rotatable bonds is 3. The molecule has 0 unspecified atom stereocenters. The lowest BCUT2D eigenvalue weighted by Gasteiger charge is -2.22. The molecule has 1 aliphatic heterocycles. The smallest absolute Gasteiger partial charge is 0.0739 e. The Bertz CT molecular complexity index is 423. The highest BCUT2D eigenvalue weighted by Gasteiger charge is 2.18. The molecule has 96 valence electrons. The summed E-state index contributed by atoms with van der Waals surface area (Å²) in [5, 5.41) is 7.90. The van der Waals surface area contributed by atoms with E-state index in [9.17, 15) is 4.21 Å². The monoisotopic (exact) mass is 319 g/mol. The van der Waals surface area contributed by atoms with Gasteiger partial charge in [0.05, 0.1) is 15.9 Å². The van der Waals surface area contributed by atoms with Gasteiger partial charge in [0.15, 0.2) is 0 Å². The largest absolute Gasteiger partial charge is 0.308 e. The van der Waals surface area contributed by atoms with E-state index in [0.29, 0.717) is 6.04 Å². The Balaban J connectivity index is 1.91. The Morgan fingerprint density at radius 3 is 2.71 bits per heavy atom. The van der Waals surface area contributed by atoms with Crippen molar-refractivity contribution in [3.05, 3.63) is 15.9 Å². The van der Waals surface area contributed by atoms with Crippen LogP contribution in [0.2, 0.25) is 0 Å². The number of aryl methyl sites for hydroxylation is 2. The molecule has 0 bridgehead atoms. The molecule has 1 aromatic heterocycles. The molecular formula is C11H18BrN3OS. The Hall–Kier alpha value is -0.200. The first-order valence-corrected chi connectivity index (χ1v) is 8.12. The van der Waals surface area contributed by atoms with Gasteiger partial charge < -0.3 is 5.32 Å². The van der Waals surface area contributed by atoms with Gasteiger partial charge in [0, 0.05) is 41.9 Å². The number of aromatic nitrogens is 2. The summed E-state index contributed by atoms with van der Waals surface area (Å²) < 4.78 is 14.3. The van der Waals surface area contributed by atoms with Crippen molar-refractivity contribution in [1.29, 1.82) is 0 Å². The second-order valence-electron chi connectivity index (χ2n) is 4.47. The third-order valence-corrected chi connectivity index (χ3v) is 5.62. The van der Waals surface area contributed by atoms with Crippen LogP contribution in [-0.4, -0.2) is 31.5 Å². The van der Waals surface area contributed by atoms with E-state index in [1.165, 1.54) is 5.69 Å². The number of halogens is 1. The SMILES string of the molecule is Cc1nn(C)c(CNC2CCS(=O)CC2)c1Br. The van der Waals surface area contributed by atoms with Crippen LogP contribution in [-0.2, 0) is 24.4 Å². The summed E-state index contributed by atoms with van der Waals surface area (Å²) in [5.74, 6) is 1.67. The minimum Gasteiger partial charge on any atom is -0.308 e. The molecule has 1 N–H and O–H groups in total. The van der Waals surface area contributed by atoms with E-state index in [1.807, 2.05) is 18.7 Å². The van der Waals surface area contributed by atoms with E-state index in [4.69, 9.17) is 0 Å². The summed E-state index contributed by atoms with van der Waals surface area (Å²) in [4.78, 5) is 0. The number of nitrogens with zero attached hydrogens (tertiary/aromatic N) is 2. The summed E-state index contributed by atoms with van der Waals surface area (Å²) in [6.45, 7) is 2.81. The Morgan fingerprint density at radius 2 is 2.18 bits per heavy atom. The van der Waals surface area contributed by atoms with Crippen LogP contribution < -0.4 is 5.32 Å². The lowest BCUT2D eigenvalue weighted by Crippen LogP contribution is -2.35. The number of nitrogens with one attached hydrogen (secondary N) is 1. The van der Waals surface area contributed by atoms with Crippen LogP contribution in [0.25, 0.3) is 0 Å². The van der Waals surface area contributed by atoms with E-state index in [-0.39, 0.29) is 0 Å². The molecule has 0 atom stereocenters. The molecule has 1 aromatic rings. The summed E-state index contributed by atoms with van der Waals surface area (Å²) >= 11 is 3.56. The van der Waals surface area contributed by atoms with Gasteiger partial charge in [-0.1, -0.05) is 0 Å². The van der Waals surface area contributed by atoms with Crippen molar-refractivity contribution >= 4 is 26.7 Å². The molecule has 17 heavy (non-hydrogen) atoms. The number of hydrogen-bond acceptors (Lipinski definition) is 3. The van der Waals surface area contributed by atoms with Gasteiger partial charge >= 0.3 is 0 Å². The van der Waals surface area contributed by atoms with E-state index in [2.05, 4.69) is 26.3 Å². The normalized spacial score (nSPS) is 25.1. The first kappa shape index (κ1) is 13.2. The average Bonchev–Trinajstić information content (AvgIpc) is 2.54. The highest BCUT2D eigenvalue weighted by atomic mass is 79.9. The van der Waals surface area contributed by atoms with E-state index in [1.54, 1.807) is 0 Å². The van der Waals surface area contributed by atoms with Crippen molar-refractivity contribution in [2.45, 2.75) is 32.4 Å². The topological polar surface area (TPSA) is 46.9 Å². The maximum absolute atomic E-state index is 11.3. The molecular weight excluding hydrogens is 302 g/mol. The highest BCUT2D eigenvalue weighted by molar-refractivity contribution is 9.10. The third kappa shape index (κ3) is 3.17. The molecule has 2 heterocycles. The van der Waals surface area contributed by atoms with E-state index >= 15 is 0 Å². The van der Waals surface area contributed by atoms with Gasteiger partial charge in [-0.05, 0) is 35.7 Å². The maximum Gasteiger partial charge on any atom is 0.0739 e. The summed E-state index contributed by atoms with van der Waals surface area (Å²) in [6, 6.07) is 0.495. The molecule has 2 rings (SSSR count). The Morgan fingerprint density at radius 1 is 1.53 bits per heavy atom. The standard InChI is InChI=1S/C11H18BrN3OS/c1-8-11(12)10(15(2)14-8)7-13-9-3-5-17(16)6-4-9/h9,13H,3-7H2,1-2H3. The third-order valence-electron chi connectivity index (χ3n) is 3.21. The predicted octanol–water partition coefficient (Wildman–Crippen LogP) is 1.49. The van der Waals surface area contributed by atoms with Crippen LogP contribution >= 0.6 is 15.9 Å². The fourth-order valence-electron chi connectivity index (χ4n) is 2.11. The van der Waals surface area contributed by atoms with E-state index < -0.39 is 10.8 Å². The minimum absolute atomic E-state index is 0.495. The lowest BCUT2D eigenvalue weighted by molar-refractivity contribution is 0.464. The second kappa shape index (κ2) is 5.63. The molecule has 4 nitrogen and oxygen atoms in total. The van der Waals surface area contributed by atoms with Gasteiger partial charge in [-0.25, -0.2) is 0 Å². The van der Waals surface area contributed by atoms with Crippen LogP contribution in [0.1, 0.15) is 24.2 Å². The fourth-order valence-corrected chi connectivity index (χ4v) is 3.89. The van der Waals surface area contributed by atoms with Gasteiger partial charge in [-0.15, -0.1) is 0 Å². The zero-order valence-electron chi connectivity index (χ0n) is 10.2. The van der Waals surface area contributed by atoms with Crippen LogP contribution in [0.15, 0.2) is 4.47 Å². The zero-order valence-corrected chi connectivity index (χ0v) is 12.6. The van der Waals surface area contributed by atoms with Gasteiger partial charge in [-0.3, -0.25) is 8.89 Å². The van der Waals surface area contributed by atoms with Crippen LogP contribution in [0, 0.1) is 6.92 Å². The van der Waals surface area contributed by atoms with Crippen molar-refractivity contribution in [1.82, 2.24) is 15.1 Å². The van der Waals surface area contributed by atoms with E-state index in [0.717, 1.165) is 41.1 Å². The van der Waals surface area contributed by atoms with Gasteiger partial charge in [0.2, 0.25) is 0 Å². The zero-order chi connectivity index (χ0) is 12.4. The molecule has 0 aliphatic carbocycles. The lowest BCUT2D eigenvalue weighted by atomic mass is 10.1. The quantitative estimate of drug-likeness (QED) is 0.918. The Kier molecular flexibility index (Phi) is 4.38. The van der Waals surface area contributed by atoms with Crippen LogP contribution in [0.5, 0.6) is 0 Å². The van der Waals surface area contributed by atoms with Gasteiger partial charge in [0.1, 0.15) is 0 Å². The van der Waals surface area contributed by atoms with Gasteiger partial charge in [0.25, 0.3) is 0 Å². The molecule has 6 heteroatoms. The molecule has 1 aliphatic rings. The van der Waals surface area contributed by atoms with Crippen molar-refractivity contribution in [2.75, 3.05) is 11.5 Å². The summed E-state index contributed by atoms with van der Waals surface area (Å²) in [7, 11) is 1.38. The average molecular weight is 320 g/mol. The molecule has 0 spiro atoms. The second-order valence-corrected chi connectivity index (χ2v) is 6.96. The Labute approximate surface area is 113 Å². The van der Waals surface area contributed by atoms with Crippen LogP contribution in [0.4, 0.5) is 0 Å². The summed E-state index contributed by atoms with van der Waals surface area (Å²) in [5.41, 5.74) is 2.20. The number of hydrogen-bond donors (Lipinski definition) is 1. The van der Waals surface area contributed by atoms with Crippen LogP contribution in [0.3, 0.4) is 0 Å². The maximum atomic E-state index is 11.3. The van der Waals surface area contributed by atoms with Crippen molar-refractivity contribution in [3.8, 4) is 0 Å². The highest BCUT2D eigenvalue weighted by Crippen LogP contribution is 2.20. The minimum atomic E-state index is -0.580. The molecule has 0 saturated carbocycles. The van der Waals surface area contributed by atoms with Crippen molar-refractivity contribution < 1.29 is 4.21 Å². The predicted molar refractivity (Wildman–Crippen MR) is 73.4 cm³/mol. The molecule has 1 fully saturated rings. The van der Waals surface area contributed by atoms with Crippen molar-refractivity contribution in [2.24, 2.45) is 7.05 Å². The molecule has 0 radical (unpaired) electrons. The molecule has 0 amide bonds. The van der Waals surface area contributed by atoms with Gasteiger partial charge in [-0.2, -0.15) is 5.10 Å². The first-order valence-electron chi connectivity index (χ1n) is 5.84.